The SMILES string of the molecule is CC(C)(C)c1cnc2cnnn2c1C(=O)O. The molecule has 1 N–H and O–H groups in total. The molecule has 0 atom stereocenters. The molecule has 2 aromatic rings. The maximum absolute atomic E-state index is 11.3. The second-order valence-electron chi connectivity index (χ2n) is 4.58. The summed E-state index contributed by atoms with van der Waals surface area (Å²) in [4.78, 5) is 15.4. The van der Waals surface area contributed by atoms with E-state index in [2.05, 4.69) is 15.3 Å². The molecule has 6 nitrogen and oxygen atoms in total. The second-order valence-corrected chi connectivity index (χ2v) is 4.58. The van der Waals surface area contributed by atoms with Crippen LogP contribution in [0, 0.1) is 0 Å². The fourth-order valence-electron chi connectivity index (χ4n) is 1.54. The summed E-state index contributed by atoms with van der Waals surface area (Å²) in [6.07, 6.45) is 3.00. The lowest BCUT2D eigenvalue weighted by molar-refractivity contribution is 0.0683. The number of rotatable bonds is 1. The third-order valence-corrected chi connectivity index (χ3v) is 2.33. The Balaban J connectivity index is 2.84. The first kappa shape index (κ1) is 10.5. The molecule has 6 heteroatoms. The van der Waals surface area contributed by atoms with E-state index in [0.717, 1.165) is 0 Å². The largest absolute Gasteiger partial charge is 0.476 e. The maximum Gasteiger partial charge on any atom is 0.355 e. The molecular weight excluding hydrogens is 208 g/mol. The van der Waals surface area contributed by atoms with Crippen LogP contribution in [0.25, 0.3) is 5.65 Å². The fourth-order valence-corrected chi connectivity index (χ4v) is 1.54. The highest BCUT2D eigenvalue weighted by Gasteiger charge is 2.25. The molecule has 0 spiro atoms. The maximum atomic E-state index is 11.3. The number of carbonyl (C=O) groups is 1. The van der Waals surface area contributed by atoms with Crippen molar-refractivity contribution in [2.45, 2.75) is 26.2 Å². The molecule has 16 heavy (non-hydrogen) atoms. The minimum atomic E-state index is -1.03. The van der Waals surface area contributed by atoms with E-state index in [4.69, 9.17) is 0 Å². The number of hydrogen-bond acceptors (Lipinski definition) is 4. The van der Waals surface area contributed by atoms with Crippen molar-refractivity contribution in [2.75, 3.05) is 0 Å². The van der Waals surface area contributed by atoms with Gasteiger partial charge in [0, 0.05) is 11.8 Å². The van der Waals surface area contributed by atoms with Crippen LogP contribution in [0.2, 0.25) is 0 Å². The van der Waals surface area contributed by atoms with Gasteiger partial charge in [-0.3, -0.25) is 0 Å². The highest BCUT2D eigenvalue weighted by atomic mass is 16.4. The standard InChI is InChI=1S/C10H12N4O2/c1-10(2,3)6-4-11-7-5-12-13-14(7)8(6)9(15)16/h4-5H,1-3H3,(H,15,16). The normalized spacial score (nSPS) is 11.9. The predicted molar refractivity (Wildman–Crippen MR) is 56.4 cm³/mol. The average Bonchev–Trinajstić information content (AvgIpc) is 2.61. The van der Waals surface area contributed by atoms with Crippen molar-refractivity contribution >= 4 is 11.6 Å². The summed E-state index contributed by atoms with van der Waals surface area (Å²) in [6.45, 7) is 5.79. The Morgan fingerprint density at radius 2 is 2.06 bits per heavy atom. The molecular formula is C10H12N4O2. The Labute approximate surface area is 91.9 Å². The number of aromatic carboxylic acids is 1. The second kappa shape index (κ2) is 3.26. The Morgan fingerprint density at radius 1 is 1.38 bits per heavy atom. The van der Waals surface area contributed by atoms with Gasteiger partial charge in [-0.2, -0.15) is 4.52 Å². The van der Waals surface area contributed by atoms with Gasteiger partial charge in [0.15, 0.2) is 11.3 Å². The van der Waals surface area contributed by atoms with E-state index < -0.39 is 5.97 Å². The monoisotopic (exact) mass is 220 g/mol. The predicted octanol–water partition coefficient (Wildman–Crippen LogP) is 1.12. The topological polar surface area (TPSA) is 80.4 Å². The molecule has 0 fully saturated rings. The van der Waals surface area contributed by atoms with Gasteiger partial charge >= 0.3 is 5.97 Å². The van der Waals surface area contributed by atoms with Gasteiger partial charge in [0.2, 0.25) is 0 Å². The van der Waals surface area contributed by atoms with E-state index in [-0.39, 0.29) is 11.1 Å². The molecule has 0 amide bonds. The third-order valence-electron chi connectivity index (χ3n) is 2.33. The van der Waals surface area contributed by atoms with Crippen molar-refractivity contribution in [3.8, 4) is 0 Å². The molecule has 84 valence electrons. The van der Waals surface area contributed by atoms with Crippen LogP contribution in [-0.2, 0) is 5.41 Å². The number of carboxylic acid groups (broad SMARTS) is 1. The van der Waals surface area contributed by atoms with Gasteiger partial charge in [-0.1, -0.05) is 26.0 Å². The zero-order chi connectivity index (χ0) is 11.9. The minimum absolute atomic E-state index is 0.120. The summed E-state index contributed by atoms with van der Waals surface area (Å²) in [7, 11) is 0. The van der Waals surface area contributed by atoms with E-state index in [0.29, 0.717) is 11.2 Å². The number of fused-ring (bicyclic) bond motifs is 1. The van der Waals surface area contributed by atoms with Crippen LogP contribution < -0.4 is 0 Å². The van der Waals surface area contributed by atoms with E-state index in [1.54, 1.807) is 6.20 Å². The van der Waals surface area contributed by atoms with E-state index in [9.17, 15) is 9.90 Å². The Bertz CT molecular complexity index is 553. The number of aromatic nitrogens is 4. The zero-order valence-electron chi connectivity index (χ0n) is 9.30. The summed E-state index contributed by atoms with van der Waals surface area (Å²) in [6, 6.07) is 0. The molecule has 2 aromatic heterocycles. The molecule has 0 aliphatic rings. The van der Waals surface area contributed by atoms with Gasteiger partial charge in [-0.25, -0.2) is 9.78 Å². The van der Waals surface area contributed by atoms with Gasteiger partial charge in [-0.05, 0) is 5.41 Å². The quantitative estimate of drug-likeness (QED) is 0.778. The Morgan fingerprint density at radius 3 is 2.62 bits per heavy atom. The number of hydrogen-bond donors (Lipinski definition) is 1. The van der Waals surface area contributed by atoms with E-state index in [1.165, 1.54) is 10.7 Å². The summed E-state index contributed by atoms with van der Waals surface area (Å²) < 4.78 is 1.25. The van der Waals surface area contributed by atoms with E-state index >= 15 is 0 Å². The van der Waals surface area contributed by atoms with Crippen molar-refractivity contribution in [3.63, 3.8) is 0 Å². The molecule has 0 aromatic carbocycles. The minimum Gasteiger partial charge on any atom is -0.476 e. The first-order chi connectivity index (χ1) is 7.41. The van der Waals surface area contributed by atoms with Crippen LogP contribution in [0.3, 0.4) is 0 Å². The number of nitrogens with zero attached hydrogens (tertiary/aromatic N) is 4. The van der Waals surface area contributed by atoms with Crippen molar-refractivity contribution in [3.05, 3.63) is 23.7 Å². The zero-order valence-corrected chi connectivity index (χ0v) is 9.30. The summed E-state index contributed by atoms with van der Waals surface area (Å²) in [5, 5.41) is 16.6. The lowest BCUT2D eigenvalue weighted by Gasteiger charge is -2.20. The lowest BCUT2D eigenvalue weighted by atomic mass is 9.87. The summed E-state index contributed by atoms with van der Waals surface area (Å²) >= 11 is 0. The summed E-state index contributed by atoms with van der Waals surface area (Å²) in [5.74, 6) is -1.03. The van der Waals surface area contributed by atoms with Crippen molar-refractivity contribution in [1.29, 1.82) is 0 Å². The van der Waals surface area contributed by atoms with Crippen molar-refractivity contribution < 1.29 is 9.90 Å². The molecule has 0 bridgehead atoms. The van der Waals surface area contributed by atoms with Gasteiger partial charge in [0.05, 0.1) is 6.20 Å². The fraction of sp³-hybridized carbons (Fsp3) is 0.400. The van der Waals surface area contributed by atoms with Gasteiger partial charge in [-0.15, -0.1) is 5.10 Å². The first-order valence-electron chi connectivity index (χ1n) is 4.84. The number of carboxylic acids is 1. The molecule has 2 rings (SSSR count). The first-order valence-corrected chi connectivity index (χ1v) is 4.84. The highest BCUT2D eigenvalue weighted by molar-refractivity contribution is 5.88. The smallest absolute Gasteiger partial charge is 0.355 e. The Hall–Kier alpha value is -1.98. The highest BCUT2D eigenvalue weighted by Crippen LogP contribution is 2.25. The van der Waals surface area contributed by atoms with Crippen molar-refractivity contribution in [2.24, 2.45) is 0 Å². The lowest BCUT2D eigenvalue weighted by Crippen LogP contribution is -2.21. The van der Waals surface area contributed by atoms with Gasteiger partial charge < -0.3 is 5.11 Å². The van der Waals surface area contributed by atoms with Crippen LogP contribution in [0.4, 0.5) is 0 Å². The van der Waals surface area contributed by atoms with E-state index in [1.807, 2.05) is 20.8 Å². The molecule has 0 unspecified atom stereocenters. The molecule has 0 saturated heterocycles. The van der Waals surface area contributed by atoms with Gasteiger partial charge in [0.25, 0.3) is 0 Å². The average molecular weight is 220 g/mol. The third kappa shape index (κ3) is 1.52. The molecule has 0 saturated carbocycles. The summed E-state index contributed by atoms with van der Waals surface area (Å²) in [5.41, 5.74) is 0.888. The molecule has 0 radical (unpaired) electrons. The van der Waals surface area contributed by atoms with Crippen molar-refractivity contribution in [1.82, 2.24) is 19.8 Å². The molecule has 0 aliphatic heterocycles. The van der Waals surface area contributed by atoms with Crippen LogP contribution in [0.15, 0.2) is 12.4 Å². The van der Waals surface area contributed by atoms with Crippen LogP contribution >= 0.6 is 0 Å². The van der Waals surface area contributed by atoms with Gasteiger partial charge in [0.1, 0.15) is 0 Å². The van der Waals surface area contributed by atoms with Crippen LogP contribution in [0.1, 0.15) is 36.8 Å². The van der Waals surface area contributed by atoms with Crippen LogP contribution in [0.5, 0.6) is 0 Å². The Kier molecular flexibility index (Phi) is 2.15. The molecule has 0 aliphatic carbocycles. The molecule has 2 heterocycles. The van der Waals surface area contributed by atoms with Crippen LogP contribution in [-0.4, -0.2) is 30.9 Å².